The SMILES string of the molecule is CN1CCN(CCCOc2ccc(SNCCCc3c[nH]c4ccc(-c5ccccc5)cc34)cc2)CC1. The van der Waals surface area contributed by atoms with Crippen LogP contribution in [0.4, 0.5) is 0 Å². The van der Waals surface area contributed by atoms with Gasteiger partial charge in [0.05, 0.1) is 6.61 Å². The van der Waals surface area contributed by atoms with Gasteiger partial charge in [-0.1, -0.05) is 36.4 Å². The lowest BCUT2D eigenvalue weighted by atomic mass is 10.0. The molecule has 0 unspecified atom stereocenters. The van der Waals surface area contributed by atoms with Crippen LogP contribution in [-0.4, -0.2) is 67.7 Å². The first-order chi connectivity index (χ1) is 18.2. The first kappa shape index (κ1) is 25.9. The Hall–Kier alpha value is -2.77. The zero-order valence-electron chi connectivity index (χ0n) is 21.8. The molecule has 0 radical (unpaired) electrons. The van der Waals surface area contributed by atoms with Crippen molar-refractivity contribution < 1.29 is 4.74 Å². The van der Waals surface area contributed by atoms with E-state index in [0.717, 1.165) is 44.7 Å². The second kappa shape index (κ2) is 13.2. The van der Waals surface area contributed by atoms with Crippen LogP contribution >= 0.6 is 11.9 Å². The van der Waals surface area contributed by atoms with Gasteiger partial charge in [0.25, 0.3) is 0 Å². The van der Waals surface area contributed by atoms with Gasteiger partial charge in [0.2, 0.25) is 0 Å². The zero-order valence-corrected chi connectivity index (χ0v) is 22.6. The highest BCUT2D eigenvalue weighted by Gasteiger charge is 2.13. The molecule has 1 saturated heterocycles. The number of piperazine rings is 1. The number of likely N-dealkylation sites (N-methyl/N-ethyl adjacent to an activating group) is 1. The number of fused-ring (bicyclic) bond motifs is 1. The molecule has 1 aliphatic rings. The van der Waals surface area contributed by atoms with Crippen molar-refractivity contribution in [1.29, 1.82) is 0 Å². The molecule has 37 heavy (non-hydrogen) atoms. The van der Waals surface area contributed by atoms with Gasteiger partial charge in [-0.05, 0) is 91.3 Å². The Labute approximate surface area is 225 Å². The lowest BCUT2D eigenvalue weighted by molar-refractivity contribution is 0.145. The molecule has 3 aromatic carbocycles. The third-order valence-corrected chi connectivity index (χ3v) is 7.95. The maximum Gasteiger partial charge on any atom is 0.119 e. The Morgan fingerprint density at radius 3 is 2.51 bits per heavy atom. The van der Waals surface area contributed by atoms with Gasteiger partial charge in [-0.2, -0.15) is 0 Å². The Kier molecular flexibility index (Phi) is 9.19. The number of aromatic amines is 1. The number of aryl methyl sites for hydroxylation is 1. The molecule has 0 atom stereocenters. The average molecular weight is 515 g/mol. The quantitative estimate of drug-likeness (QED) is 0.177. The minimum atomic E-state index is 0.776. The summed E-state index contributed by atoms with van der Waals surface area (Å²) in [6.07, 6.45) is 5.37. The van der Waals surface area contributed by atoms with Crippen molar-refractivity contribution in [3.05, 3.63) is 84.6 Å². The van der Waals surface area contributed by atoms with Gasteiger partial charge >= 0.3 is 0 Å². The molecule has 2 N–H and O–H groups in total. The van der Waals surface area contributed by atoms with Crippen LogP contribution in [0.15, 0.2) is 83.9 Å². The van der Waals surface area contributed by atoms with Gasteiger partial charge in [-0.25, -0.2) is 0 Å². The standard InChI is InChI=1S/C31H38N4OS/c1-34-18-20-35(21-19-34)17-6-22-36-28-11-13-29(14-12-28)37-33-16-5-9-27-24-32-31-15-10-26(23-30(27)31)25-7-3-2-4-8-25/h2-4,7-8,10-15,23-24,32-33H,5-6,9,16-22H2,1H3. The number of aromatic nitrogens is 1. The van der Waals surface area contributed by atoms with Crippen molar-refractivity contribution in [2.75, 3.05) is 52.9 Å². The molecule has 2 heterocycles. The number of ether oxygens (including phenoxy) is 1. The molecule has 1 aliphatic heterocycles. The molecule has 0 bridgehead atoms. The molecule has 6 heteroatoms. The van der Waals surface area contributed by atoms with E-state index < -0.39 is 0 Å². The van der Waals surface area contributed by atoms with Crippen LogP contribution in [-0.2, 0) is 6.42 Å². The van der Waals surface area contributed by atoms with Gasteiger partial charge in [-0.15, -0.1) is 0 Å². The first-order valence-corrected chi connectivity index (χ1v) is 14.3. The van der Waals surface area contributed by atoms with Crippen LogP contribution in [0.2, 0.25) is 0 Å². The number of nitrogens with zero attached hydrogens (tertiary/aromatic N) is 2. The van der Waals surface area contributed by atoms with Crippen LogP contribution < -0.4 is 9.46 Å². The highest BCUT2D eigenvalue weighted by molar-refractivity contribution is 7.97. The van der Waals surface area contributed by atoms with Crippen molar-refractivity contribution in [2.45, 2.75) is 24.2 Å². The van der Waals surface area contributed by atoms with Crippen molar-refractivity contribution in [3.8, 4) is 16.9 Å². The summed E-state index contributed by atoms with van der Waals surface area (Å²) in [7, 11) is 2.20. The molecular formula is C31H38N4OS. The van der Waals surface area contributed by atoms with E-state index in [1.54, 1.807) is 11.9 Å². The Morgan fingerprint density at radius 1 is 0.892 bits per heavy atom. The Bertz CT molecular complexity index is 1230. The number of nitrogens with one attached hydrogen (secondary N) is 2. The molecule has 194 valence electrons. The molecule has 1 aromatic heterocycles. The second-order valence-corrected chi connectivity index (χ2v) is 10.8. The Balaban J connectivity index is 1.01. The van der Waals surface area contributed by atoms with E-state index in [-0.39, 0.29) is 0 Å². The van der Waals surface area contributed by atoms with Crippen molar-refractivity contribution in [1.82, 2.24) is 19.5 Å². The van der Waals surface area contributed by atoms with E-state index in [2.05, 4.69) is 106 Å². The molecule has 5 nitrogen and oxygen atoms in total. The summed E-state index contributed by atoms with van der Waals surface area (Å²) >= 11 is 1.69. The van der Waals surface area contributed by atoms with Crippen LogP contribution in [0.3, 0.4) is 0 Å². The fourth-order valence-corrected chi connectivity index (χ4v) is 5.52. The van der Waals surface area contributed by atoms with Gasteiger partial charge < -0.3 is 19.5 Å². The molecule has 4 aromatic rings. The summed E-state index contributed by atoms with van der Waals surface area (Å²) in [5.74, 6) is 0.955. The van der Waals surface area contributed by atoms with E-state index in [0.29, 0.717) is 0 Å². The summed E-state index contributed by atoms with van der Waals surface area (Å²) in [4.78, 5) is 9.58. The van der Waals surface area contributed by atoms with Crippen molar-refractivity contribution >= 4 is 22.9 Å². The zero-order chi connectivity index (χ0) is 25.3. The molecule has 1 fully saturated rings. The minimum Gasteiger partial charge on any atom is -0.494 e. The summed E-state index contributed by atoms with van der Waals surface area (Å²) in [6, 6.07) is 25.7. The summed E-state index contributed by atoms with van der Waals surface area (Å²) in [5.41, 5.74) is 5.12. The lowest BCUT2D eigenvalue weighted by Gasteiger charge is -2.32. The van der Waals surface area contributed by atoms with Crippen molar-refractivity contribution in [3.63, 3.8) is 0 Å². The summed E-state index contributed by atoms with van der Waals surface area (Å²) < 4.78 is 9.48. The molecule has 0 amide bonds. The maximum absolute atomic E-state index is 5.96. The number of H-pyrrole nitrogens is 1. The summed E-state index contributed by atoms with van der Waals surface area (Å²) in [6.45, 7) is 7.55. The second-order valence-electron chi connectivity index (χ2n) is 9.86. The molecular weight excluding hydrogens is 476 g/mol. The lowest BCUT2D eigenvalue weighted by Crippen LogP contribution is -2.44. The smallest absolute Gasteiger partial charge is 0.119 e. The fraction of sp³-hybridized carbons (Fsp3) is 0.355. The molecule has 0 aliphatic carbocycles. The third kappa shape index (κ3) is 7.39. The number of benzene rings is 3. The molecule has 0 spiro atoms. The van der Waals surface area contributed by atoms with E-state index in [9.17, 15) is 0 Å². The van der Waals surface area contributed by atoms with Gasteiger partial charge in [-0.3, -0.25) is 4.72 Å². The summed E-state index contributed by atoms with van der Waals surface area (Å²) in [5, 5.41) is 1.33. The van der Waals surface area contributed by atoms with Crippen LogP contribution in [0.25, 0.3) is 22.0 Å². The topological polar surface area (TPSA) is 43.5 Å². The van der Waals surface area contributed by atoms with Crippen LogP contribution in [0, 0.1) is 0 Å². The van der Waals surface area contributed by atoms with E-state index in [4.69, 9.17) is 4.74 Å². The van der Waals surface area contributed by atoms with Gasteiger partial charge in [0.15, 0.2) is 0 Å². The fourth-order valence-electron chi connectivity index (χ4n) is 4.83. The average Bonchev–Trinajstić information content (AvgIpc) is 3.35. The van der Waals surface area contributed by atoms with Gasteiger partial charge in [0, 0.05) is 61.3 Å². The van der Waals surface area contributed by atoms with Gasteiger partial charge in [0.1, 0.15) is 5.75 Å². The van der Waals surface area contributed by atoms with E-state index in [1.807, 2.05) is 0 Å². The molecule has 5 rings (SSSR count). The third-order valence-electron chi connectivity index (χ3n) is 7.10. The van der Waals surface area contributed by atoms with Crippen LogP contribution in [0.5, 0.6) is 5.75 Å². The predicted octanol–water partition coefficient (Wildman–Crippen LogP) is 6.08. The predicted molar refractivity (Wildman–Crippen MR) is 156 cm³/mol. The normalized spacial score (nSPS) is 14.8. The van der Waals surface area contributed by atoms with E-state index >= 15 is 0 Å². The number of rotatable bonds is 12. The maximum atomic E-state index is 5.96. The monoisotopic (exact) mass is 514 g/mol. The Morgan fingerprint density at radius 2 is 1.70 bits per heavy atom. The van der Waals surface area contributed by atoms with E-state index in [1.165, 1.54) is 58.7 Å². The first-order valence-electron chi connectivity index (χ1n) is 13.4. The highest BCUT2D eigenvalue weighted by Crippen LogP contribution is 2.27. The molecule has 0 saturated carbocycles. The highest BCUT2D eigenvalue weighted by atomic mass is 32.2. The van der Waals surface area contributed by atoms with Crippen molar-refractivity contribution in [2.24, 2.45) is 0 Å². The largest absolute Gasteiger partial charge is 0.494 e. The minimum absolute atomic E-state index is 0.776. The number of hydrogen-bond donors (Lipinski definition) is 2. The van der Waals surface area contributed by atoms with Crippen LogP contribution in [0.1, 0.15) is 18.4 Å². The number of hydrogen-bond acceptors (Lipinski definition) is 5.